The van der Waals surface area contributed by atoms with E-state index in [0.29, 0.717) is 24.1 Å². The molecule has 5 heteroatoms. The normalized spacial score (nSPS) is 26.2. The fourth-order valence-corrected chi connectivity index (χ4v) is 6.91. The zero-order valence-electron chi connectivity index (χ0n) is 22.6. The smallest absolute Gasteiger partial charge is 0.254 e. The van der Waals surface area contributed by atoms with Crippen molar-refractivity contribution in [2.24, 2.45) is 11.8 Å². The first kappa shape index (κ1) is 25.7. The van der Waals surface area contributed by atoms with E-state index in [-0.39, 0.29) is 23.5 Å². The van der Waals surface area contributed by atoms with Gasteiger partial charge in [0.15, 0.2) is 0 Å². The SMILES string of the molecule is COC1C[C@H](N(CC(C)C)C(=O)c2ccc3ccccc3c2)C[C@]2(c3cccc(O)c3)CCN(C)C[C@@H]12. The lowest BCUT2D eigenvalue weighted by Crippen LogP contribution is -2.61. The minimum atomic E-state index is -0.159. The van der Waals surface area contributed by atoms with Crippen molar-refractivity contribution >= 4 is 16.7 Å². The monoisotopic (exact) mass is 500 g/mol. The number of carbonyl (C=O) groups is 1. The fourth-order valence-electron chi connectivity index (χ4n) is 6.91. The highest BCUT2D eigenvalue weighted by molar-refractivity contribution is 5.98. The Balaban J connectivity index is 1.55. The molecule has 0 spiro atoms. The number of benzene rings is 3. The number of methoxy groups -OCH3 is 1. The summed E-state index contributed by atoms with van der Waals surface area (Å²) in [5.74, 6) is 1.03. The number of phenols is 1. The quantitative estimate of drug-likeness (QED) is 0.471. The topological polar surface area (TPSA) is 53.0 Å². The van der Waals surface area contributed by atoms with Crippen molar-refractivity contribution in [3.63, 3.8) is 0 Å². The van der Waals surface area contributed by atoms with Gasteiger partial charge in [-0.25, -0.2) is 0 Å². The highest BCUT2D eigenvalue weighted by Crippen LogP contribution is 2.51. The van der Waals surface area contributed by atoms with E-state index in [2.05, 4.69) is 55.0 Å². The van der Waals surface area contributed by atoms with Crippen LogP contribution >= 0.6 is 0 Å². The van der Waals surface area contributed by atoms with Gasteiger partial charge in [-0.3, -0.25) is 4.79 Å². The summed E-state index contributed by atoms with van der Waals surface area (Å²) >= 11 is 0. The summed E-state index contributed by atoms with van der Waals surface area (Å²) < 4.78 is 6.19. The molecule has 196 valence electrons. The van der Waals surface area contributed by atoms with Crippen LogP contribution in [0.5, 0.6) is 5.75 Å². The van der Waals surface area contributed by atoms with Crippen molar-refractivity contribution < 1.29 is 14.6 Å². The van der Waals surface area contributed by atoms with Crippen LogP contribution in [-0.2, 0) is 10.2 Å². The third kappa shape index (κ3) is 4.99. The van der Waals surface area contributed by atoms with Gasteiger partial charge in [-0.2, -0.15) is 0 Å². The van der Waals surface area contributed by atoms with Crippen LogP contribution in [-0.4, -0.2) is 66.8 Å². The van der Waals surface area contributed by atoms with Crippen LogP contribution in [0.25, 0.3) is 10.8 Å². The summed E-state index contributed by atoms with van der Waals surface area (Å²) in [7, 11) is 3.99. The van der Waals surface area contributed by atoms with Gasteiger partial charge in [0, 0.05) is 43.1 Å². The summed E-state index contributed by atoms with van der Waals surface area (Å²) in [6.07, 6.45) is 2.71. The van der Waals surface area contributed by atoms with E-state index >= 15 is 0 Å². The van der Waals surface area contributed by atoms with E-state index < -0.39 is 0 Å². The van der Waals surface area contributed by atoms with Crippen molar-refractivity contribution in [3.8, 4) is 5.75 Å². The van der Waals surface area contributed by atoms with Gasteiger partial charge in [0.05, 0.1) is 6.10 Å². The molecule has 1 unspecified atom stereocenters. The van der Waals surface area contributed by atoms with Gasteiger partial charge >= 0.3 is 0 Å². The highest BCUT2D eigenvalue weighted by Gasteiger charge is 2.53. The summed E-state index contributed by atoms with van der Waals surface area (Å²) in [5.41, 5.74) is 1.75. The molecule has 0 bridgehead atoms. The van der Waals surface area contributed by atoms with E-state index in [0.717, 1.165) is 48.7 Å². The van der Waals surface area contributed by atoms with Crippen molar-refractivity contribution in [2.45, 2.75) is 50.7 Å². The zero-order valence-corrected chi connectivity index (χ0v) is 22.6. The van der Waals surface area contributed by atoms with Gasteiger partial charge in [0.2, 0.25) is 0 Å². The number of likely N-dealkylation sites (tertiary alicyclic amines) is 1. The molecule has 4 atom stereocenters. The van der Waals surface area contributed by atoms with Crippen LogP contribution in [0.15, 0.2) is 66.7 Å². The molecule has 2 fully saturated rings. The van der Waals surface area contributed by atoms with Crippen molar-refractivity contribution in [2.75, 3.05) is 33.8 Å². The second-order valence-corrected chi connectivity index (χ2v) is 11.6. The number of carbonyl (C=O) groups excluding carboxylic acids is 1. The number of hydrogen-bond acceptors (Lipinski definition) is 4. The molecule has 2 aliphatic rings. The number of nitrogens with zero attached hydrogens (tertiary/aromatic N) is 2. The number of piperidine rings is 1. The van der Waals surface area contributed by atoms with Crippen LogP contribution in [0.4, 0.5) is 0 Å². The molecule has 5 nitrogen and oxygen atoms in total. The predicted molar refractivity (Wildman–Crippen MR) is 149 cm³/mol. The third-order valence-electron chi connectivity index (χ3n) is 8.69. The Morgan fingerprint density at radius 1 is 1.11 bits per heavy atom. The number of fused-ring (bicyclic) bond motifs is 2. The van der Waals surface area contributed by atoms with Gasteiger partial charge in [-0.1, -0.05) is 56.3 Å². The fraction of sp³-hybridized carbons (Fsp3) is 0.469. The molecule has 3 aromatic carbocycles. The molecule has 1 N–H and O–H groups in total. The molecule has 3 aromatic rings. The maximum absolute atomic E-state index is 14.2. The Morgan fingerprint density at radius 3 is 2.62 bits per heavy atom. The van der Waals surface area contributed by atoms with Crippen LogP contribution in [0.3, 0.4) is 0 Å². The Hall–Kier alpha value is -2.89. The highest BCUT2D eigenvalue weighted by atomic mass is 16.5. The van der Waals surface area contributed by atoms with E-state index in [1.807, 2.05) is 43.5 Å². The summed E-state index contributed by atoms with van der Waals surface area (Å²) in [5, 5.41) is 12.6. The number of rotatable bonds is 6. The van der Waals surface area contributed by atoms with Crippen molar-refractivity contribution in [1.29, 1.82) is 0 Å². The second kappa shape index (κ2) is 10.5. The first-order valence-corrected chi connectivity index (χ1v) is 13.6. The number of hydrogen-bond donors (Lipinski definition) is 1. The number of amides is 1. The Morgan fingerprint density at radius 2 is 1.89 bits per heavy atom. The number of ether oxygens (including phenoxy) is 1. The lowest BCUT2D eigenvalue weighted by Gasteiger charge is -2.56. The van der Waals surface area contributed by atoms with Crippen molar-refractivity contribution in [3.05, 3.63) is 77.9 Å². The molecule has 1 aliphatic carbocycles. The van der Waals surface area contributed by atoms with E-state index in [4.69, 9.17) is 4.74 Å². The maximum Gasteiger partial charge on any atom is 0.254 e. The lowest BCUT2D eigenvalue weighted by molar-refractivity contribution is -0.0783. The maximum atomic E-state index is 14.2. The van der Waals surface area contributed by atoms with Crippen molar-refractivity contribution in [1.82, 2.24) is 9.80 Å². The minimum absolute atomic E-state index is 0.0305. The van der Waals surface area contributed by atoms with Crippen LogP contribution in [0.1, 0.15) is 49.0 Å². The molecule has 1 heterocycles. The van der Waals surface area contributed by atoms with Gasteiger partial charge in [-0.15, -0.1) is 0 Å². The molecule has 0 aromatic heterocycles. The summed E-state index contributed by atoms with van der Waals surface area (Å²) in [6, 6.07) is 22.1. The molecule has 1 aliphatic heterocycles. The van der Waals surface area contributed by atoms with E-state index in [1.54, 1.807) is 6.07 Å². The largest absolute Gasteiger partial charge is 0.508 e. The number of aromatic hydroxyl groups is 1. The molecule has 37 heavy (non-hydrogen) atoms. The average Bonchev–Trinajstić information content (AvgIpc) is 2.90. The lowest BCUT2D eigenvalue weighted by atomic mass is 9.56. The van der Waals surface area contributed by atoms with Crippen LogP contribution in [0, 0.1) is 11.8 Å². The zero-order chi connectivity index (χ0) is 26.2. The third-order valence-corrected chi connectivity index (χ3v) is 8.69. The predicted octanol–water partition coefficient (Wildman–Crippen LogP) is 5.71. The Kier molecular flexibility index (Phi) is 7.28. The molecular weight excluding hydrogens is 460 g/mol. The van der Waals surface area contributed by atoms with E-state index in [9.17, 15) is 9.90 Å². The first-order chi connectivity index (χ1) is 17.8. The minimum Gasteiger partial charge on any atom is -0.508 e. The van der Waals surface area contributed by atoms with Crippen LogP contribution < -0.4 is 0 Å². The van der Waals surface area contributed by atoms with Gasteiger partial charge in [0.25, 0.3) is 5.91 Å². The summed E-state index contributed by atoms with van der Waals surface area (Å²) in [4.78, 5) is 18.7. The van der Waals surface area contributed by atoms with Crippen LogP contribution in [0.2, 0.25) is 0 Å². The Bertz CT molecular complexity index is 1260. The average molecular weight is 501 g/mol. The molecule has 1 amide bonds. The Labute approximate surface area is 221 Å². The molecule has 1 saturated carbocycles. The van der Waals surface area contributed by atoms with Gasteiger partial charge in [-0.05, 0) is 79.4 Å². The molecule has 5 rings (SSSR count). The molecule has 0 radical (unpaired) electrons. The molecule has 1 saturated heterocycles. The van der Waals surface area contributed by atoms with E-state index in [1.165, 1.54) is 5.56 Å². The summed E-state index contributed by atoms with van der Waals surface area (Å²) in [6.45, 7) is 7.00. The van der Waals surface area contributed by atoms with Gasteiger partial charge in [0.1, 0.15) is 5.75 Å². The number of phenolic OH excluding ortho intramolecular Hbond substituents is 1. The standard InChI is InChI=1S/C32H40N2O3/c1-22(2)20-34(31(36)25-13-12-23-8-5-6-9-24(23)16-25)27-18-30(37-4)29-21-33(3)15-14-32(29,19-27)26-10-7-11-28(35)17-26/h5-13,16-17,22,27,29-30,35H,14-15,18-21H2,1-4H3/t27-,29-,30?,32-/m0/s1. The first-order valence-electron chi connectivity index (χ1n) is 13.6. The second-order valence-electron chi connectivity index (χ2n) is 11.6. The van der Waals surface area contributed by atoms with Gasteiger partial charge < -0.3 is 19.6 Å². The molecular formula is C32H40N2O3.